The summed E-state index contributed by atoms with van der Waals surface area (Å²) in [5.74, 6) is 0. The average Bonchev–Trinajstić information content (AvgIpc) is 3.14. The number of nitrogens with zero attached hydrogens (tertiary/aromatic N) is 4. The third-order valence-corrected chi connectivity index (χ3v) is 6.34. The number of hydrogen-bond donors (Lipinski definition) is 0. The molecule has 1 aromatic heterocycles. The van der Waals surface area contributed by atoms with Crippen molar-refractivity contribution in [2.24, 2.45) is 0 Å². The summed E-state index contributed by atoms with van der Waals surface area (Å²) in [5.41, 5.74) is 0.362. The van der Waals surface area contributed by atoms with Crippen molar-refractivity contribution >= 4 is 10.0 Å². The minimum Gasteiger partial charge on any atom is -0.273 e. The second-order valence-corrected chi connectivity index (χ2v) is 7.85. The zero-order valence-electron chi connectivity index (χ0n) is 13.4. The quantitative estimate of drug-likeness (QED) is 0.834. The van der Waals surface area contributed by atoms with Crippen molar-refractivity contribution in [3.63, 3.8) is 0 Å². The standard InChI is InChI=1S/C17H20N4O2S/c18-14-15-5-3-7-17(13-15)24(22,23)21-11-2-1-6-16(21)8-12-20-10-4-9-19-20/h3-5,7,9-10,13,16H,1-2,6,8,11-12H2/t16-/m0/s1. The summed E-state index contributed by atoms with van der Waals surface area (Å²) in [6.07, 6.45) is 7.11. The summed E-state index contributed by atoms with van der Waals surface area (Å²) in [4.78, 5) is 0.201. The molecule has 1 aliphatic rings. The van der Waals surface area contributed by atoms with E-state index in [0.29, 0.717) is 18.7 Å². The number of nitriles is 1. The Balaban J connectivity index is 1.81. The SMILES string of the molecule is N#Cc1cccc(S(=O)(=O)N2CCCC[C@H]2CCn2cccn2)c1. The molecule has 3 rings (SSSR count). The van der Waals surface area contributed by atoms with Crippen molar-refractivity contribution in [1.82, 2.24) is 14.1 Å². The first-order valence-electron chi connectivity index (χ1n) is 8.11. The maximum absolute atomic E-state index is 13.0. The topological polar surface area (TPSA) is 79.0 Å². The van der Waals surface area contributed by atoms with Crippen LogP contribution in [0.15, 0.2) is 47.6 Å². The molecule has 0 bridgehead atoms. The van der Waals surface area contributed by atoms with Crippen molar-refractivity contribution in [3.8, 4) is 6.07 Å². The van der Waals surface area contributed by atoms with Gasteiger partial charge in [-0.15, -0.1) is 0 Å². The summed E-state index contributed by atoms with van der Waals surface area (Å²) in [5, 5.41) is 13.2. The highest BCUT2D eigenvalue weighted by molar-refractivity contribution is 7.89. The van der Waals surface area contributed by atoms with E-state index in [2.05, 4.69) is 5.10 Å². The number of aromatic nitrogens is 2. The second kappa shape index (κ2) is 7.16. The van der Waals surface area contributed by atoms with E-state index in [0.717, 1.165) is 25.7 Å². The third-order valence-electron chi connectivity index (χ3n) is 4.39. The highest BCUT2D eigenvalue weighted by Gasteiger charge is 2.33. The van der Waals surface area contributed by atoms with Crippen LogP contribution in [0.4, 0.5) is 0 Å². The second-order valence-electron chi connectivity index (χ2n) is 5.96. The first-order chi connectivity index (χ1) is 11.6. The van der Waals surface area contributed by atoms with Gasteiger partial charge in [0.2, 0.25) is 10.0 Å². The van der Waals surface area contributed by atoms with Gasteiger partial charge < -0.3 is 0 Å². The number of aryl methyl sites for hydroxylation is 1. The van der Waals surface area contributed by atoms with Gasteiger partial charge in [-0.2, -0.15) is 14.7 Å². The number of rotatable bonds is 5. The Morgan fingerprint density at radius 2 is 2.17 bits per heavy atom. The Kier molecular flexibility index (Phi) is 4.97. The molecular weight excluding hydrogens is 324 g/mol. The van der Waals surface area contributed by atoms with E-state index in [9.17, 15) is 8.42 Å². The van der Waals surface area contributed by atoms with Crippen LogP contribution < -0.4 is 0 Å². The highest BCUT2D eigenvalue weighted by Crippen LogP contribution is 2.27. The molecule has 2 heterocycles. The van der Waals surface area contributed by atoms with Crippen molar-refractivity contribution in [2.45, 2.75) is 43.2 Å². The van der Waals surface area contributed by atoms with E-state index in [-0.39, 0.29) is 10.9 Å². The summed E-state index contributed by atoms with van der Waals surface area (Å²) >= 11 is 0. The van der Waals surface area contributed by atoms with Crippen molar-refractivity contribution in [1.29, 1.82) is 5.26 Å². The van der Waals surface area contributed by atoms with Crippen molar-refractivity contribution < 1.29 is 8.42 Å². The van der Waals surface area contributed by atoms with Crippen LogP contribution in [0, 0.1) is 11.3 Å². The lowest BCUT2D eigenvalue weighted by Gasteiger charge is -2.34. The van der Waals surface area contributed by atoms with Gasteiger partial charge in [-0.25, -0.2) is 8.42 Å². The largest absolute Gasteiger partial charge is 0.273 e. The average molecular weight is 344 g/mol. The molecule has 1 fully saturated rings. The summed E-state index contributed by atoms with van der Waals surface area (Å²) in [7, 11) is -3.58. The monoisotopic (exact) mass is 344 g/mol. The van der Waals surface area contributed by atoms with Gasteiger partial charge in [-0.1, -0.05) is 12.5 Å². The molecule has 0 amide bonds. The molecule has 0 radical (unpaired) electrons. The van der Waals surface area contributed by atoms with Crippen molar-refractivity contribution in [2.75, 3.05) is 6.54 Å². The zero-order valence-corrected chi connectivity index (χ0v) is 14.2. The van der Waals surface area contributed by atoms with E-state index >= 15 is 0 Å². The Morgan fingerprint density at radius 3 is 2.92 bits per heavy atom. The fraction of sp³-hybridized carbons (Fsp3) is 0.412. The van der Waals surface area contributed by atoms with Gasteiger partial charge in [0.05, 0.1) is 16.5 Å². The van der Waals surface area contributed by atoms with Gasteiger partial charge in [-0.05, 0) is 43.5 Å². The summed E-state index contributed by atoms with van der Waals surface area (Å²) in [6, 6.07) is 10.1. The number of benzene rings is 1. The predicted octanol–water partition coefficient (Wildman–Crippen LogP) is 2.39. The lowest BCUT2D eigenvalue weighted by atomic mass is 10.0. The highest BCUT2D eigenvalue weighted by atomic mass is 32.2. The van der Waals surface area contributed by atoms with Crippen LogP contribution in [0.1, 0.15) is 31.2 Å². The fourth-order valence-corrected chi connectivity index (χ4v) is 4.92. The normalized spacial score (nSPS) is 19.0. The van der Waals surface area contributed by atoms with Crippen LogP contribution in [0.3, 0.4) is 0 Å². The van der Waals surface area contributed by atoms with E-state index in [4.69, 9.17) is 5.26 Å². The van der Waals surface area contributed by atoms with Crippen LogP contribution in [-0.2, 0) is 16.6 Å². The van der Waals surface area contributed by atoms with Gasteiger partial charge in [0, 0.05) is 31.5 Å². The zero-order chi connectivity index (χ0) is 17.0. The maximum atomic E-state index is 13.0. The van der Waals surface area contributed by atoms with Crippen LogP contribution >= 0.6 is 0 Å². The molecule has 0 unspecified atom stereocenters. The van der Waals surface area contributed by atoms with Crippen molar-refractivity contribution in [3.05, 3.63) is 48.3 Å². The van der Waals surface area contributed by atoms with Crippen LogP contribution in [-0.4, -0.2) is 35.1 Å². The van der Waals surface area contributed by atoms with E-state index in [1.807, 2.05) is 23.0 Å². The van der Waals surface area contributed by atoms with Gasteiger partial charge in [0.1, 0.15) is 0 Å². The molecule has 0 spiro atoms. The van der Waals surface area contributed by atoms with Crippen LogP contribution in [0.2, 0.25) is 0 Å². The maximum Gasteiger partial charge on any atom is 0.243 e. The lowest BCUT2D eigenvalue weighted by Crippen LogP contribution is -2.44. The molecule has 0 aliphatic carbocycles. The molecular formula is C17H20N4O2S. The Morgan fingerprint density at radius 1 is 1.29 bits per heavy atom. The Bertz CT molecular complexity index is 825. The van der Waals surface area contributed by atoms with Gasteiger partial charge in [-0.3, -0.25) is 4.68 Å². The molecule has 1 atom stereocenters. The third kappa shape index (κ3) is 3.50. The van der Waals surface area contributed by atoms with E-state index < -0.39 is 10.0 Å². The fourth-order valence-electron chi connectivity index (χ4n) is 3.15. The molecule has 24 heavy (non-hydrogen) atoms. The number of hydrogen-bond acceptors (Lipinski definition) is 4. The molecule has 0 saturated carbocycles. The molecule has 7 heteroatoms. The van der Waals surface area contributed by atoms with Crippen LogP contribution in [0.25, 0.3) is 0 Å². The molecule has 2 aromatic rings. The first-order valence-corrected chi connectivity index (χ1v) is 9.55. The number of piperidine rings is 1. The minimum absolute atomic E-state index is 0.0290. The first kappa shape index (κ1) is 16.7. The van der Waals surface area contributed by atoms with Gasteiger partial charge in [0.15, 0.2) is 0 Å². The molecule has 126 valence electrons. The molecule has 1 aliphatic heterocycles. The smallest absolute Gasteiger partial charge is 0.243 e. The van der Waals surface area contributed by atoms with Gasteiger partial charge in [0.25, 0.3) is 0 Å². The molecule has 1 aromatic carbocycles. The summed E-state index contributed by atoms with van der Waals surface area (Å²) < 4.78 is 29.5. The Labute approximate surface area is 142 Å². The molecule has 1 saturated heterocycles. The van der Waals surface area contributed by atoms with Gasteiger partial charge >= 0.3 is 0 Å². The van der Waals surface area contributed by atoms with E-state index in [1.54, 1.807) is 28.7 Å². The molecule has 6 nitrogen and oxygen atoms in total. The predicted molar refractivity (Wildman–Crippen MR) is 89.5 cm³/mol. The number of sulfonamides is 1. The lowest BCUT2D eigenvalue weighted by molar-refractivity contribution is 0.231. The summed E-state index contributed by atoms with van der Waals surface area (Å²) in [6.45, 7) is 1.23. The Hall–Kier alpha value is -2.17. The van der Waals surface area contributed by atoms with E-state index in [1.165, 1.54) is 6.07 Å². The minimum atomic E-state index is -3.58. The van der Waals surface area contributed by atoms with Crippen LogP contribution in [0.5, 0.6) is 0 Å². The molecule has 0 N–H and O–H groups in total.